The number of hydrogen-bond acceptors (Lipinski definition) is 2. The zero-order chi connectivity index (χ0) is 11.3. The van der Waals surface area contributed by atoms with E-state index in [1.807, 2.05) is 0 Å². The molecule has 0 aromatic carbocycles. The molecular formula is C8H9Cl3O3. The Kier molecular flexibility index (Phi) is 2.81. The molecule has 0 aromatic rings. The number of aliphatic carboxylic acids is 1. The summed E-state index contributed by atoms with van der Waals surface area (Å²) in [6, 6.07) is 0. The summed E-state index contributed by atoms with van der Waals surface area (Å²) in [5, 5.41) is 8.79. The van der Waals surface area contributed by atoms with E-state index in [4.69, 9.17) is 39.9 Å². The van der Waals surface area contributed by atoms with E-state index >= 15 is 0 Å². The molecule has 0 bridgehead atoms. The molecule has 2 atom stereocenters. The van der Waals surface area contributed by atoms with Crippen molar-refractivity contribution in [3.63, 3.8) is 0 Å². The van der Waals surface area contributed by atoms with Crippen LogP contribution in [0.15, 0.2) is 0 Å². The number of carboxylic acid groups (broad SMARTS) is 1. The molecule has 0 heterocycles. The van der Waals surface area contributed by atoms with E-state index in [0.29, 0.717) is 0 Å². The van der Waals surface area contributed by atoms with Crippen molar-refractivity contribution in [1.82, 2.24) is 0 Å². The van der Waals surface area contributed by atoms with Crippen molar-refractivity contribution in [2.75, 3.05) is 0 Å². The van der Waals surface area contributed by atoms with Gasteiger partial charge in [0.1, 0.15) is 0 Å². The van der Waals surface area contributed by atoms with Gasteiger partial charge in [0.25, 0.3) is 0 Å². The van der Waals surface area contributed by atoms with Gasteiger partial charge >= 0.3 is 5.97 Å². The first-order valence-corrected chi connectivity index (χ1v) is 5.07. The minimum atomic E-state index is -2.02. The van der Waals surface area contributed by atoms with E-state index in [1.165, 1.54) is 0 Å². The minimum absolute atomic E-state index is 0.618. The Hall–Kier alpha value is 0.01000. The minimum Gasteiger partial charge on any atom is -0.481 e. The van der Waals surface area contributed by atoms with Gasteiger partial charge in [0.15, 0.2) is 5.78 Å². The van der Waals surface area contributed by atoms with Gasteiger partial charge in [-0.2, -0.15) is 0 Å². The summed E-state index contributed by atoms with van der Waals surface area (Å²) in [7, 11) is 0. The van der Waals surface area contributed by atoms with Crippen molar-refractivity contribution in [2.24, 2.45) is 17.3 Å². The van der Waals surface area contributed by atoms with Gasteiger partial charge < -0.3 is 5.11 Å². The molecule has 0 aromatic heterocycles. The average Bonchev–Trinajstić information content (AvgIpc) is 2.49. The molecule has 0 spiro atoms. The van der Waals surface area contributed by atoms with E-state index in [9.17, 15) is 9.59 Å². The van der Waals surface area contributed by atoms with Crippen molar-refractivity contribution in [3.8, 4) is 0 Å². The molecule has 0 radical (unpaired) electrons. The van der Waals surface area contributed by atoms with Crippen molar-refractivity contribution >= 4 is 46.6 Å². The van der Waals surface area contributed by atoms with E-state index in [1.54, 1.807) is 13.8 Å². The Morgan fingerprint density at radius 1 is 1.21 bits per heavy atom. The second-order valence-corrected chi connectivity index (χ2v) is 6.26. The molecule has 1 fully saturated rings. The summed E-state index contributed by atoms with van der Waals surface area (Å²) in [4.78, 5) is 22.2. The van der Waals surface area contributed by atoms with Gasteiger partial charge in [0, 0.05) is 5.92 Å². The first-order chi connectivity index (χ1) is 6.10. The third-order valence-corrected chi connectivity index (χ3v) is 3.21. The third kappa shape index (κ3) is 1.86. The van der Waals surface area contributed by atoms with Crippen LogP contribution in [0.3, 0.4) is 0 Å². The van der Waals surface area contributed by atoms with Crippen LogP contribution < -0.4 is 0 Å². The zero-order valence-electron chi connectivity index (χ0n) is 7.55. The van der Waals surface area contributed by atoms with Crippen molar-refractivity contribution < 1.29 is 14.7 Å². The largest absolute Gasteiger partial charge is 0.481 e. The van der Waals surface area contributed by atoms with Gasteiger partial charge in [0.2, 0.25) is 3.79 Å². The highest BCUT2D eigenvalue weighted by Crippen LogP contribution is 2.61. The third-order valence-electron chi connectivity index (χ3n) is 2.66. The zero-order valence-corrected chi connectivity index (χ0v) is 9.82. The SMILES string of the molecule is CC1(C)C(C(=O)O)C1C(=O)C(Cl)(Cl)Cl. The number of carboxylic acids is 1. The highest BCUT2D eigenvalue weighted by atomic mass is 35.6. The van der Waals surface area contributed by atoms with Gasteiger partial charge in [0.05, 0.1) is 5.92 Å². The summed E-state index contributed by atoms with van der Waals surface area (Å²) < 4.78 is -2.02. The molecule has 3 nitrogen and oxygen atoms in total. The number of ketones is 1. The number of Topliss-reactive ketones (excluding diaryl/α,β-unsaturated/α-hetero) is 1. The molecule has 80 valence electrons. The Balaban J connectivity index is 2.85. The topological polar surface area (TPSA) is 54.4 Å². The monoisotopic (exact) mass is 258 g/mol. The van der Waals surface area contributed by atoms with Crippen LogP contribution in [0, 0.1) is 17.3 Å². The molecule has 1 aliphatic rings. The first kappa shape index (κ1) is 12.1. The molecule has 0 saturated heterocycles. The van der Waals surface area contributed by atoms with Crippen LogP contribution in [0.4, 0.5) is 0 Å². The molecule has 1 N–H and O–H groups in total. The van der Waals surface area contributed by atoms with Crippen LogP contribution in [-0.4, -0.2) is 20.7 Å². The lowest BCUT2D eigenvalue weighted by atomic mass is 10.1. The molecule has 1 aliphatic carbocycles. The number of alkyl halides is 3. The molecular weight excluding hydrogens is 250 g/mol. The van der Waals surface area contributed by atoms with Gasteiger partial charge in [-0.15, -0.1) is 0 Å². The maximum atomic E-state index is 11.5. The predicted octanol–water partition coefficient (Wildman–Crippen LogP) is 2.28. The second kappa shape index (κ2) is 3.26. The Bertz CT molecular complexity index is 293. The van der Waals surface area contributed by atoms with Crippen molar-refractivity contribution in [3.05, 3.63) is 0 Å². The summed E-state index contributed by atoms with van der Waals surface area (Å²) >= 11 is 16.2. The molecule has 6 heteroatoms. The fourth-order valence-corrected chi connectivity index (χ4v) is 2.12. The summed E-state index contributed by atoms with van der Waals surface area (Å²) in [6.45, 7) is 3.34. The summed E-state index contributed by atoms with van der Waals surface area (Å²) in [5.74, 6) is -3.11. The van der Waals surface area contributed by atoms with E-state index in [2.05, 4.69) is 0 Å². The number of rotatable bonds is 2. The van der Waals surface area contributed by atoms with Gasteiger partial charge in [-0.3, -0.25) is 9.59 Å². The van der Waals surface area contributed by atoms with Crippen LogP contribution >= 0.6 is 34.8 Å². The lowest BCUT2D eigenvalue weighted by Crippen LogP contribution is -2.23. The van der Waals surface area contributed by atoms with Crippen LogP contribution in [0.2, 0.25) is 0 Å². The van der Waals surface area contributed by atoms with Crippen LogP contribution in [0.25, 0.3) is 0 Å². The van der Waals surface area contributed by atoms with Crippen LogP contribution in [0.5, 0.6) is 0 Å². The Morgan fingerprint density at radius 3 is 1.86 bits per heavy atom. The van der Waals surface area contributed by atoms with E-state index in [0.717, 1.165) is 0 Å². The number of hydrogen-bond donors (Lipinski definition) is 1. The van der Waals surface area contributed by atoms with Crippen LogP contribution in [-0.2, 0) is 9.59 Å². The van der Waals surface area contributed by atoms with Crippen LogP contribution in [0.1, 0.15) is 13.8 Å². The number of carbonyl (C=O) groups is 2. The van der Waals surface area contributed by atoms with Gasteiger partial charge in [-0.05, 0) is 5.41 Å². The number of halogens is 3. The molecule has 14 heavy (non-hydrogen) atoms. The van der Waals surface area contributed by atoms with Crippen molar-refractivity contribution in [1.29, 1.82) is 0 Å². The van der Waals surface area contributed by atoms with Gasteiger partial charge in [-0.25, -0.2) is 0 Å². The molecule has 0 amide bonds. The predicted molar refractivity (Wildman–Crippen MR) is 53.7 cm³/mol. The number of carbonyl (C=O) groups excluding carboxylic acids is 1. The fraction of sp³-hybridized carbons (Fsp3) is 0.750. The lowest BCUT2D eigenvalue weighted by Gasteiger charge is -2.09. The first-order valence-electron chi connectivity index (χ1n) is 3.94. The highest BCUT2D eigenvalue weighted by molar-refractivity contribution is 6.76. The molecule has 1 saturated carbocycles. The summed E-state index contributed by atoms with van der Waals surface area (Å²) in [6.07, 6.45) is 0. The van der Waals surface area contributed by atoms with E-state index < -0.39 is 32.8 Å². The Labute approximate surface area is 96.3 Å². The summed E-state index contributed by atoms with van der Waals surface area (Å²) in [5.41, 5.74) is -0.618. The van der Waals surface area contributed by atoms with Gasteiger partial charge in [-0.1, -0.05) is 48.7 Å². The highest BCUT2D eigenvalue weighted by Gasteiger charge is 2.68. The smallest absolute Gasteiger partial charge is 0.307 e. The lowest BCUT2D eigenvalue weighted by molar-refractivity contribution is -0.140. The standard InChI is InChI=1S/C8H9Cl3O3/c1-7(2)3(4(7)6(13)14)5(12)8(9,10)11/h3-4H,1-2H3,(H,13,14). The maximum Gasteiger partial charge on any atom is 0.307 e. The fourth-order valence-electron chi connectivity index (χ4n) is 1.76. The normalized spacial score (nSPS) is 29.8. The molecule has 0 aliphatic heterocycles. The maximum absolute atomic E-state index is 11.5. The second-order valence-electron chi connectivity index (χ2n) is 3.98. The van der Waals surface area contributed by atoms with Crippen molar-refractivity contribution in [2.45, 2.75) is 17.6 Å². The quantitative estimate of drug-likeness (QED) is 0.774. The average molecular weight is 260 g/mol. The molecule has 1 rings (SSSR count). The Morgan fingerprint density at radius 2 is 1.64 bits per heavy atom. The van der Waals surface area contributed by atoms with E-state index in [-0.39, 0.29) is 0 Å². The molecule has 2 unspecified atom stereocenters.